The fourth-order valence-corrected chi connectivity index (χ4v) is 2.22. The molecule has 0 saturated carbocycles. The molecule has 21 heavy (non-hydrogen) atoms. The quantitative estimate of drug-likeness (QED) is 0.782. The van der Waals surface area contributed by atoms with Gasteiger partial charge in [-0.2, -0.15) is 0 Å². The molecule has 0 bridgehead atoms. The van der Waals surface area contributed by atoms with E-state index in [4.69, 9.17) is 0 Å². The van der Waals surface area contributed by atoms with Crippen LogP contribution in [0.25, 0.3) is 10.9 Å². The van der Waals surface area contributed by atoms with Crippen LogP contribution in [-0.2, 0) is 7.05 Å². The second-order valence-corrected chi connectivity index (χ2v) is 4.67. The zero-order chi connectivity index (χ0) is 14.8. The topological polar surface area (TPSA) is 64.0 Å². The molecule has 1 amide bonds. The van der Waals surface area contributed by atoms with Crippen molar-refractivity contribution in [3.8, 4) is 0 Å². The third kappa shape index (κ3) is 2.41. The van der Waals surface area contributed by atoms with Crippen LogP contribution in [0, 0.1) is 0 Å². The number of anilines is 1. The van der Waals surface area contributed by atoms with Crippen LogP contribution in [0.2, 0.25) is 0 Å². The predicted molar refractivity (Wildman–Crippen MR) is 81.4 cm³/mol. The minimum atomic E-state index is -0.424. The van der Waals surface area contributed by atoms with Gasteiger partial charge in [0.05, 0.1) is 5.52 Å². The first-order chi connectivity index (χ1) is 10.2. The molecule has 3 aromatic rings. The average molecular weight is 279 g/mol. The molecule has 0 unspecified atom stereocenters. The van der Waals surface area contributed by atoms with Crippen molar-refractivity contribution in [1.82, 2.24) is 9.55 Å². The first kappa shape index (κ1) is 13.1. The minimum Gasteiger partial charge on any atom is -0.322 e. The summed E-state index contributed by atoms with van der Waals surface area (Å²) in [5, 5.41) is 3.55. The Kier molecular flexibility index (Phi) is 3.23. The number of nitrogens with zero attached hydrogens (tertiary/aromatic N) is 2. The number of pyridine rings is 2. The Morgan fingerprint density at radius 1 is 1.14 bits per heavy atom. The predicted octanol–water partition coefficient (Wildman–Crippen LogP) is 2.19. The van der Waals surface area contributed by atoms with Gasteiger partial charge in [0.1, 0.15) is 5.56 Å². The van der Waals surface area contributed by atoms with Gasteiger partial charge in [-0.15, -0.1) is 0 Å². The number of benzene rings is 1. The Morgan fingerprint density at radius 3 is 2.62 bits per heavy atom. The number of para-hydroxylation sites is 1. The lowest BCUT2D eigenvalue weighted by atomic mass is 10.1. The molecule has 0 aliphatic carbocycles. The molecule has 3 rings (SSSR count). The number of fused-ring (bicyclic) bond motifs is 1. The Bertz CT molecular complexity index is 870. The summed E-state index contributed by atoms with van der Waals surface area (Å²) in [6.07, 6.45) is 3.15. The largest absolute Gasteiger partial charge is 0.322 e. The molecule has 0 atom stereocenters. The van der Waals surface area contributed by atoms with Crippen LogP contribution in [0.15, 0.2) is 59.7 Å². The molecule has 0 saturated heterocycles. The summed E-state index contributed by atoms with van der Waals surface area (Å²) in [7, 11) is 1.66. The molecule has 0 aliphatic rings. The maximum atomic E-state index is 12.3. The molecule has 5 heteroatoms. The Morgan fingerprint density at radius 2 is 1.86 bits per heavy atom. The molecule has 0 aliphatic heterocycles. The van der Waals surface area contributed by atoms with Crippen molar-refractivity contribution < 1.29 is 4.79 Å². The number of carbonyl (C=O) groups is 1. The zero-order valence-corrected chi connectivity index (χ0v) is 11.4. The lowest BCUT2D eigenvalue weighted by Gasteiger charge is -2.09. The van der Waals surface area contributed by atoms with Crippen molar-refractivity contribution in [2.75, 3.05) is 5.32 Å². The number of amides is 1. The second kappa shape index (κ2) is 5.20. The molecule has 2 heterocycles. The number of aromatic nitrogens is 2. The van der Waals surface area contributed by atoms with Gasteiger partial charge in [-0.25, -0.2) is 0 Å². The van der Waals surface area contributed by atoms with E-state index in [1.165, 1.54) is 4.57 Å². The van der Waals surface area contributed by atoms with Crippen LogP contribution in [0.1, 0.15) is 10.4 Å². The van der Waals surface area contributed by atoms with E-state index in [1.807, 2.05) is 24.3 Å². The molecule has 1 aromatic carbocycles. The van der Waals surface area contributed by atoms with Crippen LogP contribution in [0.5, 0.6) is 0 Å². The van der Waals surface area contributed by atoms with Gasteiger partial charge in [0.2, 0.25) is 0 Å². The van der Waals surface area contributed by atoms with Gasteiger partial charge in [-0.3, -0.25) is 14.6 Å². The third-order valence-corrected chi connectivity index (χ3v) is 3.32. The smallest absolute Gasteiger partial charge is 0.263 e. The second-order valence-electron chi connectivity index (χ2n) is 4.67. The Balaban J connectivity index is 2.06. The van der Waals surface area contributed by atoms with E-state index < -0.39 is 5.91 Å². The Labute approximate surface area is 120 Å². The fraction of sp³-hybridized carbons (Fsp3) is 0.0625. The average Bonchev–Trinajstić information content (AvgIpc) is 2.52. The van der Waals surface area contributed by atoms with Crippen LogP contribution < -0.4 is 10.9 Å². The van der Waals surface area contributed by atoms with Gasteiger partial charge in [-0.1, -0.05) is 18.2 Å². The van der Waals surface area contributed by atoms with Gasteiger partial charge in [0, 0.05) is 25.1 Å². The summed E-state index contributed by atoms with van der Waals surface area (Å²) < 4.78 is 1.48. The van der Waals surface area contributed by atoms with E-state index in [-0.39, 0.29) is 11.1 Å². The highest BCUT2D eigenvalue weighted by atomic mass is 16.2. The zero-order valence-electron chi connectivity index (χ0n) is 11.4. The summed E-state index contributed by atoms with van der Waals surface area (Å²) in [6, 6.07) is 12.4. The minimum absolute atomic E-state index is 0.119. The monoisotopic (exact) mass is 279 g/mol. The summed E-state index contributed by atoms with van der Waals surface area (Å²) in [6.45, 7) is 0. The van der Waals surface area contributed by atoms with Crippen molar-refractivity contribution in [3.63, 3.8) is 0 Å². The van der Waals surface area contributed by atoms with E-state index in [0.29, 0.717) is 5.69 Å². The third-order valence-electron chi connectivity index (χ3n) is 3.32. The van der Waals surface area contributed by atoms with Crippen molar-refractivity contribution in [2.24, 2.45) is 7.05 Å². The summed E-state index contributed by atoms with van der Waals surface area (Å²) in [5.41, 5.74) is 1.20. The van der Waals surface area contributed by atoms with E-state index in [9.17, 15) is 9.59 Å². The maximum Gasteiger partial charge on any atom is 0.263 e. The highest BCUT2D eigenvalue weighted by molar-refractivity contribution is 6.05. The maximum absolute atomic E-state index is 12.3. The molecule has 0 radical (unpaired) electrons. The number of aryl methyl sites for hydroxylation is 1. The van der Waals surface area contributed by atoms with Crippen LogP contribution >= 0.6 is 0 Å². The van der Waals surface area contributed by atoms with Crippen molar-refractivity contribution >= 4 is 22.5 Å². The van der Waals surface area contributed by atoms with E-state index in [1.54, 1.807) is 37.6 Å². The molecule has 5 nitrogen and oxygen atoms in total. The molecular weight excluding hydrogens is 266 g/mol. The first-order valence-corrected chi connectivity index (χ1v) is 6.47. The first-order valence-electron chi connectivity index (χ1n) is 6.47. The summed E-state index contributed by atoms with van der Waals surface area (Å²) >= 11 is 0. The highest BCUT2D eigenvalue weighted by Crippen LogP contribution is 2.13. The van der Waals surface area contributed by atoms with Crippen molar-refractivity contribution in [1.29, 1.82) is 0 Å². The van der Waals surface area contributed by atoms with Gasteiger partial charge in [0.25, 0.3) is 11.5 Å². The van der Waals surface area contributed by atoms with E-state index in [0.717, 1.165) is 10.9 Å². The van der Waals surface area contributed by atoms with Gasteiger partial charge in [-0.05, 0) is 29.7 Å². The summed E-state index contributed by atoms with van der Waals surface area (Å²) in [4.78, 5) is 28.5. The molecule has 2 aromatic heterocycles. The number of hydrogen-bond acceptors (Lipinski definition) is 3. The lowest BCUT2D eigenvalue weighted by molar-refractivity contribution is 0.102. The van der Waals surface area contributed by atoms with Crippen LogP contribution in [0.3, 0.4) is 0 Å². The van der Waals surface area contributed by atoms with E-state index >= 15 is 0 Å². The highest BCUT2D eigenvalue weighted by Gasteiger charge is 2.14. The van der Waals surface area contributed by atoms with Crippen molar-refractivity contribution in [3.05, 3.63) is 70.8 Å². The fourth-order valence-electron chi connectivity index (χ4n) is 2.22. The van der Waals surface area contributed by atoms with Crippen LogP contribution in [-0.4, -0.2) is 15.5 Å². The number of carbonyl (C=O) groups excluding carboxylic acids is 1. The molecular formula is C16H13N3O2. The lowest BCUT2D eigenvalue weighted by Crippen LogP contribution is -2.27. The summed E-state index contributed by atoms with van der Waals surface area (Å²) in [5.74, 6) is -0.424. The Hall–Kier alpha value is -2.95. The normalized spacial score (nSPS) is 10.5. The molecule has 104 valence electrons. The number of nitrogens with one attached hydrogen (secondary N) is 1. The number of rotatable bonds is 2. The molecule has 1 N–H and O–H groups in total. The standard InChI is InChI=1S/C16H13N3O2/c1-19-14-5-3-2-4-11(14)10-13(16(19)21)15(20)18-12-6-8-17-9-7-12/h2-10H,1H3,(H,17,18,20). The van der Waals surface area contributed by atoms with Gasteiger partial charge >= 0.3 is 0 Å². The van der Waals surface area contributed by atoms with Gasteiger partial charge in [0.15, 0.2) is 0 Å². The van der Waals surface area contributed by atoms with Crippen molar-refractivity contribution in [2.45, 2.75) is 0 Å². The van der Waals surface area contributed by atoms with Crippen LogP contribution in [0.4, 0.5) is 5.69 Å². The SMILES string of the molecule is Cn1c(=O)c(C(=O)Nc2ccncc2)cc2ccccc21. The molecule has 0 fully saturated rings. The number of hydrogen-bond donors (Lipinski definition) is 1. The van der Waals surface area contributed by atoms with E-state index in [2.05, 4.69) is 10.3 Å². The molecule has 0 spiro atoms. The van der Waals surface area contributed by atoms with Gasteiger partial charge < -0.3 is 9.88 Å².